The molecule has 1 aromatic heterocycles. The number of benzene rings is 1. The summed E-state index contributed by atoms with van der Waals surface area (Å²) < 4.78 is 0. The van der Waals surface area contributed by atoms with Gasteiger partial charge < -0.3 is 0 Å². The van der Waals surface area contributed by atoms with Crippen molar-refractivity contribution in [2.24, 2.45) is 0 Å². The van der Waals surface area contributed by atoms with Crippen LogP contribution in [0, 0.1) is 6.92 Å². The Hall–Kier alpha value is -1.67. The van der Waals surface area contributed by atoms with E-state index in [4.69, 9.17) is 11.6 Å². The SMILES string of the molecule is CC.CC.Cc1cnc2c(c1)CCc1c(Cl)cccc1C2=O. The van der Waals surface area contributed by atoms with Gasteiger partial charge in [-0.2, -0.15) is 0 Å². The maximum Gasteiger partial charge on any atom is 0.211 e. The van der Waals surface area contributed by atoms with Crippen molar-refractivity contribution in [3.63, 3.8) is 0 Å². The third-order valence-corrected chi connectivity index (χ3v) is 3.68. The summed E-state index contributed by atoms with van der Waals surface area (Å²) in [7, 11) is 0. The summed E-state index contributed by atoms with van der Waals surface area (Å²) in [6, 6.07) is 7.53. The van der Waals surface area contributed by atoms with E-state index < -0.39 is 0 Å². The molecule has 0 saturated heterocycles. The molecular formula is C19H24ClNO. The van der Waals surface area contributed by atoms with E-state index in [9.17, 15) is 4.79 Å². The molecular weight excluding hydrogens is 294 g/mol. The third kappa shape index (κ3) is 3.75. The first-order valence-electron chi connectivity index (χ1n) is 7.94. The van der Waals surface area contributed by atoms with Gasteiger partial charge in [0.25, 0.3) is 0 Å². The summed E-state index contributed by atoms with van der Waals surface area (Å²) in [5.41, 5.74) is 4.31. The van der Waals surface area contributed by atoms with Gasteiger partial charge in [-0.05, 0) is 42.5 Å². The largest absolute Gasteiger partial charge is 0.287 e. The van der Waals surface area contributed by atoms with E-state index in [1.807, 2.05) is 58.9 Å². The molecule has 0 saturated carbocycles. The number of ketones is 1. The van der Waals surface area contributed by atoms with Crippen LogP contribution in [0.4, 0.5) is 0 Å². The zero-order valence-electron chi connectivity index (χ0n) is 14.0. The molecule has 1 heterocycles. The average Bonchev–Trinajstić information content (AvgIpc) is 2.70. The van der Waals surface area contributed by atoms with Crippen LogP contribution in [0.1, 0.15) is 60.4 Å². The Morgan fingerprint density at radius 3 is 2.45 bits per heavy atom. The first-order chi connectivity index (χ1) is 10.7. The first kappa shape index (κ1) is 18.4. The zero-order chi connectivity index (χ0) is 16.7. The molecule has 0 spiro atoms. The number of hydrogen-bond acceptors (Lipinski definition) is 2. The number of pyridine rings is 1. The molecule has 2 nitrogen and oxygen atoms in total. The molecule has 118 valence electrons. The van der Waals surface area contributed by atoms with Gasteiger partial charge in [0, 0.05) is 16.8 Å². The molecule has 1 aliphatic rings. The molecule has 22 heavy (non-hydrogen) atoms. The van der Waals surface area contributed by atoms with Crippen LogP contribution in [-0.4, -0.2) is 10.8 Å². The lowest BCUT2D eigenvalue weighted by atomic mass is 10.0. The minimum atomic E-state index is -0.0139. The Balaban J connectivity index is 0.000000561. The normalized spacial score (nSPS) is 11.8. The first-order valence-corrected chi connectivity index (χ1v) is 8.32. The van der Waals surface area contributed by atoms with Crippen LogP contribution in [0.25, 0.3) is 0 Å². The van der Waals surface area contributed by atoms with E-state index in [-0.39, 0.29) is 5.78 Å². The van der Waals surface area contributed by atoms with Gasteiger partial charge in [-0.25, -0.2) is 0 Å². The molecule has 3 rings (SSSR count). The van der Waals surface area contributed by atoms with Crippen molar-refractivity contribution in [1.82, 2.24) is 4.98 Å². The van der Waals surface area contributed by atoms with Crippen molar-refractivity contribution in [1.29, 1.82) is 0 Å². The lowest BCUT2D eigenvalue weighted by Crippen LogP contribution is -2.07. The molecule has 0 fully saturated rings. The highest BCUT2D eigenvalue weighted by atomic mass is 35.5. The van der Waals surface area contributed by atoms with E-state index in [1.165, 1.54) is 0 Å². The molecule has 0 radical (unpaired) electrons. The van der Waals surface area contributed by atoms with Crippen molar-refractivity contribution in [3.05, 3.63) is 63.4 Å². The lowest BCUT2D eigenvalue weighted by Gasteiger charge is -2.05. The Labute approximate surface area is 138 Å². The second-order valence-corrected chi connectivity index (χ2v) is 5.02. The highest BCUT2D eigenvalue weighted by Gasteiger charge is 2.23. The van der Waals surface area contributed by atoms with E-state index >= 15 is 0 Å². The summed E-state index contributed by atoms with van der Waals surface area (Å²) in [5.74, 6) is -0.0139. The number of carbonyl (C=O) groups excluding carboxylic acids is 1. The second kappa shape index (κ2) is 8.70. The van der Waals surface area contributed by atoms with Crippen molar-refractivity contribution in [3.8, 4) is 0 Å². The number of aromatic nitrogens is 1. The average molecular weight is 318 g/mol. The predicted octanol–water partition coefficient (Wildman–Crippen LogP) is 5.43. The van der Waals surface area contributed by atoms with Crippen molar-refractivity contribution in [2.75, 3.05) is 0 Å². The van der Waals surface area contributed by atoms with Crippen LogP contribution in [0.2, 0.25) is 5.02 Å². The topological polar surface area (TPSA) is 30.0 Å². The standard InChI is InChI=1S/C15H12ClNO.2C2H6/c1-9-7-10-5-6-11-12(3-2-4-13(11)16)15(18)14(10)17-8-9;2*1-2/h2-4,7-8H,5-6H2,1H3;2*1-2H3. The minimum absolute atomic E-state index is 0.0139. The lowest BCUT2D eigenvalue weighted by molar-refractivity contribution is 0.103. The van der Waals surface area contributed by atoms with Crippen LogP contribution in [0.5, 0.6) is 0 Å². The van der Waals surface area contributed by atoms with Crippen molar-refractivity contribution >= 4 is 17.4 Å². The van der Waals surface area contributed by atoms with Gasteiger partial charge >= 0.3 is 0 Å². The number of halogens is 1. The summed E-state index contributed by atoms with van der Waals surface area (Å²) in [6.07, 6.45) is 3.34. The van der Waals surface area contributed by atoms with Gasteiger partial charge in [0.15, 0.2) is 0 Å². The Kier molecular flexibility index (Phi) is 7.26. The molecule has 1 aromatic carbocycles. The van der Waals surface area contributed by atoms with E-state index in [0.717, 1.165) is 29.5 Å². The molecule has 1 aliphatic carbocycles. The fraction of sp³-hybridized carbons (Fsp3) is 0.368. The maximum absolute atomic E-state index is 12.5. The molecule has 0 atom stereocenters. The number of fused-ring (bicyclic) bond motifs is 2. The molecule has 0 bridgehead atoms. The second-order valence-electron chi connectivity index (χ2n) is 4.62. The number of hydrogen-bond donors (Lipinski definition) is 0. The van der Waals surface area contributed by atoms with Crippen molar-refractivity contribution < 1.29 is 4.79 Å². The minimum Gasteiger partial charge on any atom is -0.287 e. The summed E-state index contributed by atoms with van der Waals surface area (Å²) in [6.45, 7) is 9.99. The van der Waals surface area contributed by atoms with Crippen molar-refractivity contribution in [2.45, 2.75) is 47.5 Å². The summed E-state index contributed by atoms with van der Waals surface area (Å²) in [5, 5.41) is 0.672. The fourth-order valence-corrected chi connectivity index (χ4v) is 2.71. The fourth-order valence-electron chi connectivity index (χ4n) is 2.44. The number of carbonyl (C=O) groups is 1. The molecule has 0 amide bonds. The Morgan fingerprint density at radius 1 is 1.09 bits per heavy atom. The molecule has 2 aromatic rings. The number of aryl methyl sites for hydroxylation is 2. The van der Waals surface area contributed by atoms with Gasteiger partial charge in [-0.3, -0.25) is 9.78 Å². The summed E-state index contributed by atoms with van der Waals surface area (Å²) >= 11 is 6.18. The van der Waals surface area contributed by atoms with Gasteiger partial charge in [-0.15, -0.1) is 0 Å². The molecule has 0 N–H and O–H groups in total. The van der Waals surface area contributed by atoms with Crippen LogP contribution < -0.4 is 0 Å². The maximum atomic E-state index is 12.5. The Morgan fingerprint density at radius 2 is 1.77 bits per heavy atom. The van der Waals surface area contributed by atoms with Crippen LogP contribution >= 0.6 is 11.6 Å². The van der Waals surface area contributed by atoms with Crippen LogP contribution in [0.3, 0.4) is 0 Å². The quantitative estimate of drug-likeness (QED) is 0.649. The highest BCUT2D eigenvalue weighted by molar-refractivity contribution is 6.32. The van der Waals surface area contributed by atoms with Gasteiger partial charge in [0.05, 0.1) is 0 Å². The van der Waals surface area contributed by atoms with E-state index in [1.54, 1.807) is 6.20 Å². The highest BCUT2D eigenvalue weighted by Crippen LogP contribution is 2.28. The zero-order valence-corrected chi connectivity index (χ0v) is 14.8. The van der Waals surface area contributed by atoms with Crippen LogP contribution in [0.15, 0.2) is 30.5 Å². The van der Waals surface area contributed by atoms with E-state index in [0.29, 0.717) is 16.3 Å². The molecule has 3 heteroatoms. The van der Waals surface area contributed by atoms with E-state index in [2.05, 4.69) is 4.98 Å². The molecule has 0 unspecified atom stereocenters. The van der Waals surface area contributed by atoms with Gasteiger partial charge in [-0.1, -0.05) is 57.5 Å². The Bertz CT molecular complexity index is 650. The van der Waals surface area contributed by atoms with Gasteiger partial charge in [0.2, 0.25) is 5.78 Å². The number of rotatable bonds is 0. The monoisotopic (exact) mass is 317 g/mol. The van der Waals surface area contributed by atoms with Gasteiger partial charge in [0.1, 0.15) is 5.69 Å². The smallest absolute Gasteiger partial charge is 0.211 e. The molecule has 0 aliphatic heterocycles. The van der Waals surface area contributed by atoms with Crippen LogP contribution in [-0.2, 0) is 12.8 Å². The summed E-state index contributed by atoms with van der Waals surface area (Å²) in [4.78, 5) is 16.8. The third-order valence-electron chi connectivity index (χ3n) is 3.33. The predicted molar refractivity (Wildman–Crippen MR) is 94.0 cm³/mol. The number of nitrogens with zero attached hydrogens (tertiary/aromatic N) is 1.